The Morgan fingerprint density at radius 2 is 1.90 bits per heavy atom. The summed E-state index contributed by atoms with van der Waals surface area (Å²) in [4.78, 5) is 62.0. The average molecular weight is 790 g/mol. The molecule has 13 nitrogen and oxygen atoms in total. The zero-order valence-electron chi connectivity index (χ0n) is 30.0. The number of fused-ring (bicyclic) bond motifs is 1. The molecule has 0 aromatic heterocycles. The van der Waals surface area contributed by atoms with E-state index in [1.165, 1.54) is 7.11 Å². The first kappa shape index (κ1) is 40.1. The van der Waals surface area contributed by atoms with Crippen molar-refractivity contribution in [3.05, 3.63) is 61.2 Å². The van der Waals surface area contributed by atoms with Gasteiger partial charge in [-0.3, -0.25) is 24.1 Å². The van der Waals surface area contributed by atoms with Crippen molar-refractivity contribution >= 4 is 39.6 Å². The molecule has 4 heterocycles. The Labute approximate surface area is 314 Å². The number of halogens is 1. The summed E-state index contributed by atoms with van der Waals surface area (Å²) < 4.78 is 24.0. The molecule has 286 valence electrons. The second-order valence-corrected chi connectivity index (χ2v) is 15.1. The van der Waals surface area contributed by atoms with E-state index < -0.39 is 47.7 Å². The number of amides is 3. The van der Waals surface area contributed by atoms with Crippen LogP contribution in [0.4, 0.5) is 0 Å². The van der Waals surface area contributed by atoms with Crippen molar-refractivity contribution in [1.82, 2.24) is 20.0 Å². The van der Waals surface area contributed by atoms with Gasteiger partial charge in [0.1, 0.15) is 17.7 Å². The Kier molecular flexibility index (Phi) is 14.4. The molecule has 8 atom stereocenters. The third-order valence-electron chi connectivity index (χ3n) is 10.6. The number of nitrogens with zero attached hydrogens (tertiary/aromatic N) is 3. The second-order valence-electron chi connectivity index (χ2n) is 13.9. The standard InChI is InChI=1S/C38H53BrN4O9/c1-4-6-14-29(45)40-28(25-49-3)32(26-12-8-7-9-13-26)51-37(48)30-31-35(46)43(16-10-11-21-44)34(38(31)24-27(39)33(30)52-38)36(47)42(15-5-2)18-17-41-19-22-50-23-20-41/h4-5,7-9,12-13,27-28,30-34,44H,1-2,6,10-11,14-25H2,3H3,(H,40,45)/t27?,28-,30-,31+,32-,33-,34-,38+/m1/s1. The second kappa shape index (κ2) is 18.8. The molecule has 52 heavy (non-hydrogen) atoms. The summed E-state index contributed by atoms with van der Waals surface area (Å²) in [6.07, 6.45) is 3.63. The van der Waals surface area contributed by atoms with Crippen LogP contribution in [0.2, 0.25) is 0 Å². The summed E-state index contributed by atoms with van der Waals surface area (Å²) >= 11 is 3.75. The van der Waals surface area contributed by atoms with E-state index in [2.05, 4.69) is 39.3 Å². The minimum atomic E-state index is -1.28. The van der Waals surface area contributed by atoms with Crippen molar-refractivity contribution in [1.29, 1.82) is 0 Å². The van der Waals surface area contributed by atoms with Gasteiger partial charge in [-0.2, -0.15) is 0 Å². The Hall–Kier alpha value is -3.14. The van der Waals surface area contributed by atoms with Gasteiger partial charge in [0.25, 0.3) is 0 Å². The van der Waals surface area contributed by atoms with Crippen molar-refractivity contribution in [2.24, 2.45) is 11.8 Å². The molecule has 1 unspecified atom stereocenters. The fourth-order valence-electron chi connectivity index (χ4n) is 8.15. The number of esters is 1. The quantitative estimate of drug-likeness (QED) is 0.0874. The molecule has 14 heteroatoms. The van der Waals surface area contributed by atoms with E-state index in [1.807, 2.05) is 30.3 Å². The summed E-state index contributed by atoms with van der Waals surface area (Å²) in [5, 5.41) is 12.5. The number of ether oxygens (including phenoxy) is 4. The van der Waals surface area contributed by atoms with Gasteiger partial charge in [0, 0.05) is 64.2 Å². The van der Waals surface area contributed by atoms with Gasteiger partial charge in [-0.25, -0.2) is 0 Å². The minimum Gasteiger partial charge on any atom is -0.455 e. The predicted molar refractivity (Wildman–Crippen MR) is 196 cm³/mol. The molecular weight excluding hydrogens is 736 g/mol. The van der Waals surface area contributed by atoms with Crippen molar-refractivity contribution in [2.45, 2.75) is 66.8 Å². The van der Waals surface area contributed by atoms with Gasteiger partial charge >= 0.3 is 5.97 Å². The number of benzene rings is 1. The number of rotatable bonds is 20. The van der Waals surface area contributed by atoms with Crippen LogP contribution in [-0.4, -0.2) is 145 Å². The van der Waals surface area contributed by atoms with Crippen molar-refractivity contribution < 1.29 is 43.2 Å². The molecular formula is C38H53BrN4O9. The van der Waals surface area contributed by atoms with Crippen LogP contribution in [0.25, 0.3) is 0 Å². The highest BCUT2D eigenvalue weighted by molar-refractivity contribution is 9.09. The first-order chi connectivity index (χ1) is 25.2. The number of hydrogen-bond acceptors (Lipinski definition) is 10. The number of methoxy groups -OCH3 is 1. The number of nitrogens with one attached hydrogen (secondary N) is 1. The Morgan fingerprint density at radius 1 is 1.15 bits per heavy atom. The Bertz CT molecular complexity index is 1410. The molecule has 4 saturated heterocycles. The zero-order chi connectivity index (χ0) is 37.3. The van der Waals surface area contributed by atoms with E-state index in [0.29, 0.717) is 57.6 Å². The Morgan fingerprint density at radius 3 is 2.58 bits per heavy atom. The molecule has 4 fully saturated rings. The van der Waals surface area contributed by atoms with Gasteiger partial charge in [-0.1, -0.05) is 58.4 Å². The van der Waals surface area contributed by atoms with E-state index in [1.54, 1.807) is 22.0 Å². The topological polar surface area (TPSA) is 147 Å². The van der Waals surface area contributed by atoms with Crippen LogP contribution in [0.1, 0.15) is 43.8 Å². The van der Waals surface area contributed by atoms with E-state index in [0.717, 1.165) is 13.1 Å². The highest BCUT2D eigenvalue weighted by Gasteiger charge is 2.77. The maximum Gasteiger partial charge on any atom is 0.313 e. The summed E-state index contributed by atoms with van der Waals surface area (Å²) in [7, 11) is 1.51. The van der Waals surface area contributed by atoms with Crippen LogP contribution in [0.5, 0.6) is 0 Å². The van der Waals surface area contributed by atoms with E-state index in [4.69, 9.17) is 18.9 Å². The van der Waals surface area contributed by atoms with E-state index in [-0.39, 0.29) is 55.3 Å². The predicted octanol–water partition coefficient (Wildman–Crippen LogP) is 2.24. The lowest BCUT2D eigenvalue weighted by atomic mass is 9.70. The number of hydrogen-bond donors (Lipinski definition) is 2. The van der Waals surface area contributed by atoms with Crippen molar-refractivity contribution in [3.8, 4) is 0 Å². The smallest absolute Gasteiger partial charge is 0.313 e. The molecule has 3 amide bonds. The van der Waals surface area contributed by atoms with E-state index >= 15 is 0 Å². The van der Waals surface area contributed by atoms with Gasteiger partial charge in [0.2, 0.25) is 17.7 Å². The SMILES string of the molecule is C=CCCC(=O)N[C@H](COC)[C@H](OC(=O)[C@H]1[C@@H]2O[C@@]3(CC2Br)[C@@H]1C(=O)N(CCCCO)[C@@H]3C(=O)N(CC=C)CCN1CCOCC1)c1ccccc1. The van der Waals surface area contributed by atoms with Gasteiger partial charge in [0.15, 0.2) is 0 Å². The lowest BCUT2D eigenvalue weighted by molar-refractivity contribution is -0.163. The molecule has 2 N–H and O–H groups in total. The summed E-state index contributed by atoms with van der Waals surface area (Å²) in [5.74, 6) is -3.48. The highest BCUT2D eigenvalue weighted by atomic mass is 79.9. The molecule has 4 aliphatic rings. The molecule has 0 radical (unpaired) electrons. The summed E-state index contributed by atoms with van der Waals surface area (Å²) in [6.45, 7) is 12.0. The summed E-state index contributed by atoms with van der Waals surface area (Å²) in [6, 6.07) is 7.39. The maximum atomic E-state index is 14.7. The molecule has 1 spiro atoms. The number of likely N-dealkylation sites (tertiary alicyclic amines) is 1. The monoisotopic (exact) mass is 788 g/mol. The van der Waals surface area contributed by atoms with Gasteiger partial charge in [-0.15, -0.1) is 13.2 Å². The molecule has 0 saturated carbocycles. The van der Waals surface area contributed by atoms with Crippen LogP contribution in [0.3, 0.4) is 0 Å². The van der Waals surface area contributed by atoms with Crippen LogP contribution in [0.15, 0.2) is 55.6 Å². The average Bonchev–Trinajstić information content (AvgIpc) is 3.74. The van der Waals surface area contributed by atoms with Crippen LogP contribution in [-0.2, 0) is 38.1 Å². The number of carbonyl (C=O) groups is 4. The molecule has 0 aliphatic carbocycles. The molecule has 1 aromatic carbocycles. The van der Waals surface area contributed by atoms with Gasteiger partial charge in [0.05, 0.1) is 43.8 Å². The third kappa shape index (κ3) is 8.63. The normalized spacial score (nSPS) is 27.9. The lowest BCUT2D eigenvalue weighted by Gasteiger charge is -2.38. The molecule has 4 aliphatic heterocycles. The minimum absolute atomic E-state index is 0.0536. The number of alkyl halides is 1. The Balaban J connectivity index is 1.45. The van der Waals surface area contributed by atoms with E-state index in [9.17, 15) is 24.3 Å². The number of aliphatic hydroxyl groups is 1. The fourth-order valence-corrected chi connectivity index (χ4v) is 9.09. The van der Waals surface area contributed by atoms with Crippen LogP contribution < -0.4 is 5.32 Å². The fraction of sp³-hybridized carbons (Fsp3) is 0.632. The number of morpholine rings is 1. The van der Waals surface area contributed by atoms with Crippen molar-refractivity contribution in [2.75, 3.05) is 72.8 Å². The highest BCUT2D eigenvalue weighted by Crippen LogP contribution is 2.60. The lowest BCUT2D eigenvalue weighted by Crippen LogP contribution is -2.57. The largest absolute Gasteiger partial charge is 0.455 e. The van der Waals surface area contributed by atoms with Gasteiger partial charge < -0.3 is 39.2 Å². The zero-order valence-corrected chi connectivity index (χ0v) is 31.6. The molecule has 2 bridgehead atoms. The van der Waals surface area contributed by atoms with Gasteiger partial charge in [-0.05, 0) is 31.2 Å². The maximum absolute atomic E-state index is 14.7. The number of allylic oxidation sites excluding steroid dienone is 1. The first-order valence-corrected chi connectivity index (χ1v) is 19.2. The van der Waals surface area contributed by atoms with Crippen LogP contribution in [0, 0.1) is 11.8 Å². The summed E-state index contributed by atoms with van der Waals surface area (Å²) in [5.41, 5.74) is -0.630. The van der Waals surface area contributed by atoms with Crippen LogP contribution >= 0.6 is 15.9 Å². The molecule has 5 rings (SSSR count). The number of unbranched alkanes of at least 4 members (excludes halogenated alkanes) is 1. The van der Waals surface area contributed by atoms with Crippen molar-refractivity contribution in [3.63, 3.8) is 0 Å². The number of carbonyl (C=O) groups excluding carboxylic acids is 4. The number of aliphatic hydroxyl groups excluding tert-OH is 1. The third-order valence-corrected chi connectivity index (χ3v) is 11.4. The first-order valence-electron chi connectivity index (χ1n) is 18.3. The molecule has 1 aromatic rings.